The second kappa shape index (κ2) is 6.01. The highest BCUT2D eigenvalue weighted by Crippen LogP contribution is 2.25. The molecule has 6 heteroatoms. The lowest BCUT2D eigenvalue weighted by molar-refractivity contribution is -0.131. The van der Waals surface area contributed by atoms with Crippen LogP contribution in [0.15, 0.2) is 30.6 Å². The Morgan fingerprint density at radius 3 is 2.95 bits per heavy atom. The Bertz CT molecular complexity index is 647. The minimum Gasteiger partial charge on any atom is -0.485 e. The Kier molecular flexibility index (Phi) is 4.14. The van der Waals surface area contributed by atoms with Gasteiger partial charge in [-0.3, -0.25) is 4.68 Å². The molecule has 0 spiro atoms. The number of para-hydroxylation sites is 1. The molecule has 0 aliphatic carbocycles. The summed E-state index contributed by atoms with van der Waals surface area (Å²) in [5.41, 5.74) is 1.65. The third-order valence-corrected chi connectivity index (χ3v) is 2.80. The van der Waals surface area contributed by atoms with Crippen LogP contribution in [0.25, 0.3) is 6.08 Å². The number of benzene rings is 1. The molecule has 0 saturated heterocycles. The van der Waals surface area contributed by atoms with Crippen molar-refractivity contribution in [1.82, 2.24) is 14.8 Å². The second-order valence-electron chi connectivity index (χ2n) is 4.25. The molecule has 0 fully saturated rings. The van der Waals surface area contributed by atoms with Gasteiger partial charge in [0.15, 0.2) is 5.82 Å². The van der Waals surface area contributed by atoms with Gasteiger partial charge in [0, 0.05) is 18.7 Å². The van der Waals surface area contributed by atoms with E-state index >= 15 is 0 Å². The molecule has 0 aliphatic heterocycles. The molecule has 0 saturated carbocycles. The highest BCUT2D eigenvalue weighted by atomic mass is 16.5. The molecule has 2 aromatic rings. The number of nitrogens with zero attached hydrogens (tertiary/aromatic N) is 3. The summed E-state index contributed by atoms with van der Waals surface area (Å²) >= 11 is 0. The van der Waals surface area contributed by atoms with Crippen molar-refractivity contribution in [3.8, 4) is 5.75 Å². The number of aliphatic carboxylic acids is 1. The fraction of sp³-hybridized carbons (Fsp3) is 0.214. The number of carbonyl (C=O) groups is 1. The molecule has 104 valence electrons. The van der Waals surface area contributed by atoms with Crippen LogP contribution in [0.4, 0.5) is 0 Å². The summed E-state index contributed by atoms with van der Waals surface area (Å²) in [6.07, 6.45) is 4.06. The first kappa shape index (κ1) is 13.8. The molecule has 0 atom stereocenters. The first-order valence-electron chi connectivity index (χ1n) is 6.04. The van der Waals surface area contributed by atoms with Gasteiger partial charge in [0.05, 0.1) is 0 Å². The standard InChI is InChI=1S/C14H15N3O3/c1-10-4-3-5-11(6-7-13(18)19)14(10)20-8-12-15-9-16-17(12)2/h3-7,9H,8H2,1-2H3,(H,18,19)/b7-6+. The van der Waals surface area contributed by atoms with E-state index in [2.05, 4.69) is 10.1 Å². The van der Waals surface area contributed by atoms with Gasteiger partial charge in [-0.25, -0.2) is 9.78 Å². The van der Waals surface area contributed by atoms with Gasteiger partial charge in [0.25, 0.3) is 0 Å². The Balaban J connectivity index is 2.22. The minimum absolute atomic E-state index is 0.273. The van der Waals surface area contributed by atoms with E-state index < -0.39 is 5.97 Å². The van der Waals surface area contributed by atoms with E-state index in [0.717, 1.165) is 17.2 Å². The zero-order valence-electron chi connectivity index (χ0n) is 11.3. The highest BCUT2D eigenvalue weighted by Gasteiger charge is 2.07. The van der Waals surface area contributed by atoms with Crippen LogP contribution in [-0.2, 0) is 18.4 Å². The number of hydrogen-bond acceptors (Lipinski definition) is 4. The van der Waals surface area contributed by atoms with Gasteiger partial charge in [0.1, 0.15) is 18.7 Å². The van der Waals surface area contributed by atoms with Crippen molar-refractivity contribution in [2.75, 3.05) is 0 Å². The average molecular weight is 273 g/mol. The summed E-state index contributed by atoms with van der Waals surface area (Å²) in [7, 11) is 1.79. The smallest absolute Gasteiger partial charge is 0.328 e. The van der Waals surface area contributed by atoms with Crippen LogP contribution in [0.2, 0.25) is 0 Å². The Morgan fingerprint density at radius 1 is 1.50 bits per heavy atom. The van der Waals surface area contributed by atoms with E-state index in [1.165, 1.54) is 12.4 Å². The number of hydrogen-bond donors (Lipinski definition) is 1. The molecule has 0 radical (unpaired) electrons. The van der Waals surface area contributed by atoms with Crippen molar-refractivity contribution >= 4 is 12.0 Å². The van der Waals surface area contributed by atoms with Crippen molar-refractivity contribution in [1.29, 1.82) is 0 Å². The monoisotopic (exact) mass is 273 g/mol. The molecule has 6 nitrogen and oxygen atoms in total. The molecule has 0 bridgehead atoms. The SMILES string of the molecule is Cc1cccc(/C=C/C(=O)O)c1OCc1ncnn1C. The maximum Gasteiger partial charge on any atom is 0.328 e. The fourth-order valence-corrected chi connectivity index (χ4v) is 1.75. The lowest BCUT2D eigenvalue weighted by atomic mass is 10.1. The highest BCUT2D eigenvalue weighted by molar-refractivity contribution is 5.86. The molecule has 1 N–H and O–H groups in total. The van der Waals surface area contributed by atoms with E-state index in [0.29, 0.717) is 11.6 Å². The van der Waals surface area contributed by atoms with Gasteiger partial charge >= 0.3 is 5.97 Å². The van der Waals surface area contributed by atoms with Crippen LogP contribution in [0.5, 0.6) is 5.75 Å². The molecule has 1 aromatic carbocycles. The van der Waals surface area contributed by atoms with Gasteiger partial charge in [-0.1, -0.05) is 18.2 Å². The van der Waals surface area contributed by atoms with Crippen LogP contribution in [0.1, 0.15) is 17.0 Å². The predicted molar refractivity (Wildman–Crippen MR) is 73.2 cm³/mol. The van der Waals surface area contributed by atoms with Crippen molar-refractivity contribution in [3.05, 3.63) is 47.6 Å². The number of carboxylic acids is 1. The topological polar surface area (TPSA) is 77.2 Å². The summed E-state index contributed by atoms with van der Waals surface area (Å²) in [6, 6.07) is 5.56. The normalized spacial score (nSPS) is 10.9. The van der Waals surface area contributed by atoms with Gasteiger partial charge < -0.3 is 9.84 Å². The van der Waals surface area contributed by atoms with Crippen LogP contribution >= 0.6 is 0 Å². The largest absolute Gasteiger partial charge is 0.485 e. The van der Waals surface area contributed by atoms with E-state index in [1.54, 1.807) is 17.8 Å². The van der Waals surface area contributed by atoms with Crippen molar-refractivity contribution in [2.45, 2.75) is 13.5 Å². The summed E-state index contributed by atoms with van der Waals surface area (Å²) in [6.45, 7) is 2.18. The number of aromatic nitrogens is 3. The Hall–Kier alpha value is -2.63. The molecule has 20 heavy (non-hydrogen) atoms. The Labute approximate surface area is 116 Å². The second-order valence-corrected chi connectivity index (χ2v) is 4.25. The molecule has 1 aromatic heterocycles. The maximum absolute atomic E-state index is 10.6. The zero-order chi connectivity index (χ0) is 14.5. The Morgan fingerprint density at radius 2 is 2.30 bits per heavy atom. The van der Waals surface area contributed by atoms with Gasteiger partial charge in [-0.2, -0.15) is 5.10 Å². The zero-order valence-corrected chi connectivity index (χ0v) is 11.3. The number of aryl methyl sites for hydroxylation is 2. The summed E-state index contributed by atoms with van der Waals surface area (Å²) in [5.74, 6) is 0.347. The molecule has 1 heterocycles. The molecular formula is C14H15N3O3. The average Bonchev–Trinajstić information content (AvgIpc) is 2.81. The molecular weight excluding hydrogens is 258 g/mol. The van der Waals surface area contributed by atoms with Crippen LogP contribution in [0, 0.1) is 6.92 Å². The quantitative estimate of drug-likeness (QED) is 0.840. The first-order chi connectivity index (χ1) is 9.58. The van der Waals surface area contributed by atoms with Crippen molar-refractivity contribution in [2.24, 2.45) is 7.05 Å². The molecule has 2 rings (SSSR count). The van der Waals surface area contributed by atoms with Gasteiger partial charge in [0.2, 0.25) is 0 Å². The third kappa shape index (κ3) is 3.23. The molecule has 0 amide bonds. The van der Waals surface area contributed by atoms with E-state index in [9.17, 15) is 4.79 Å². The number of rotatable bonds is 5. The number of carboxylic acid groups (broad SMARTS) is 1. The van der Waals surface area contributed by atoms with Gasteiger partial charge in [-0.05, 0) is 18.6 Å². The third-order valence-electron chi connectivity index (χ3n) is 2.80. The predicted octanol–water partition coefficient (Wildman–Crippen LogP) is 1.80. The van der Waals surface area contributed by atoms with Crippen LogP contribution in [-0.4, -0.2) is 25.8 Å². The van der Waals surface area contributed by atoms with E-state index in [-0.39, 0.29) is 6.61 Å². The van der Waals surface area contributed by atoms with Crippen LogP contribution < -0.4 is 4.74 Å². The molecule has 0 unspecified atom stereocenters. The molecule has 0 aliphatic rings. The van der Waals surface area contributed by atoms with Crippen molar-refractivity contribution < 1.29 is 14.6 Å². The summed E-state index contributed by atoms with van der Waals surface area (Å²) in [4.78, 5) is 14.7. The summed E-state index contributed by atoms with van der Waals surface area (Å²) < 4.78 is 7.39. The van der Waals surface area contributed by atoms with Crippen molar-refractivity contribution in [3.63, 3.8) is 0 Å². The minimum atomic E-state index is -0.995. The van der Waals surface area contributed by atoms with Crippen LogP contribution in [0.3, 0.4) is 0 Å². The first-order valence-corrected chi connectivity index (χ1v) is 6.04. The fourth-order valence-electron chi connectivity index (χ4n) is 1.75. The lowest BCUT2D eigenvalue weighted by Crippen LogP contribution is -2.06. The maximum atomic E-state index is 10.6. The summed E-state index contributed by atoms with van der Waals surface area (Å²) in [5, 5.41) is 12.7. The van der Waals surface area contributed by atoms with Gasteiger partial charge in [-0.15, -0.1) is 0 Å². The van der Waals surface area contributed by atoms with E-state index in [4.69, 9.17) is 9.84 Å². The number of ether oxygens (including phenoxy) is 1. The van der Waals surface area contributed by atoms with E-state index in [1.807, 2.05) is 19.1 Å². The lowest BCUT2D eigenvalue weighted by Gasteiger charge is -2.11.